The third-order valence-corrected chi connectivity index (χ3v) is 4.36. The molecular weight excluding hydrogens is 254 g/mol. The fraction of sp³-hybridized carbons (Fsp3) is 0.450. The van der Waals surface area contributed by atoms with Crippen molar-refractivity contribution in [2.45, 2.75) is 53.9 Å². The summed E-state index contributed by atoms with van der Waals surface area (Å²) in [5.74, 6) is 0. The highest BCUT2D eigenvalue weighted by atomic mass is 14.3. The summed E-state index contributed by atoms with van der Waals surface area (Å²) in [5.41, 5.74) is 5.73. The van der Waals surface area contributed by atoms with E-state index in [4.69, 9.17) is 5.41 Å². The van der Waals surface area contributed by atoms with Crippen molar-refractivity contribution in [1.29, 1.82) is 5.41 Å². The lowest BCUT2D eigenvalue weighted by Gasteiger charge is -2.32. The topological polar surface area (TPSA) is 23.9 Å². The van der Waals surface area contributed by atoms with Gasteiger partial charge in [0.1, 0.15) is 0 Å². The van der Waals surface area contributed by atoms with E-state index >= 15 is 0 Å². The Bertz CT molecular complexity index is 528. The molecule has 1 aliphatic carbocycles. The van der Waals surface area contributed by atoms with Crippen LogP contribution in [0.5, 0.6) is 0 Å². The quantitative estimate of drug-likeness (QED) is 0.454. The Labute approximate surface area is 131 Å². The Hall–Kier alpha value is -1.63. The van der Waals surface area contributed by atoms with Gasteiger partial charge in [-0.05, 0) is 62.7 Å². The first-order chi connectivity index (χ1) is 9.86. The maximum atomic E-state index is 7.02. The van der Waals surface area contributed by atoms with Gasteiger partial charge in [-0.2, -0.15) is 0 Å². The van der Waals surface area contributed by atoms with Crippen LogP contribution in [0.15, 0.2) is 58.7 Å². The van der Waals surface area contributed by atoms with Gasteiger partial charge in [0.05, 0.1) is 0 Å². The molecule has 0 radical (unpaired) electrons. The minimum absolute atomic E-state index is 0. The van der Waals surface area contributed by atoms with Gasteiger partial charge >= 0.3 is 1.43 Å². The Kier molecular flexibility index (Phi) is 6.61. The zero-order valence-electron chi connectivity index (χ0n) is 15.2. The molecule has 0 atom stereocenters. The van der Waals surface area contributed by atoms with Gasteiger partial charge in [-0.25, -0.2) is 0 Å². The van der Waals surface area contributed by atoms with Crippen LogP contribution < -0.4 is 0 Å². The van der Waals surface area contributed by atoms with Crippen LogP contribution in [0.3, 0.4) is 0 Å². The molecule has 0 unspecified atom stereocenters. The van der Waals surface area contributed by atoms with Crippen LogP contribution in [-0.4, -0.2) is 6.21 Å². The highest BCUT2D eigenvalue weighted by Gasteiger charge is 2.25. The summed E-state index contributed by atoms with van der Waals surface area (Å²) < 4.78 is 0. The van der Waals surface area contributed by atoms with E-state index in [2.05, 4.69) is 45.9 Å². The molecule has 1 rings (SSSR count). The molecule has 1 heteroatoms. The second kappa shape index (κ2) is 7.97. The predicted molar refractivity (Wildman–Crippen MR) is 96.0 cm³/mol. The van der Waals surface area contributed by atoms with Crippen molar-refractivity contribution in [2.24, 2.45) is 5.41 Å². The molecule has 0 fully saturated rings. The lowest BCUT2D eigenvalue weighted by Crippen LogP contribution is -2.18. The molecule has 0 bridgehead atoms. The molecule has 1 aliphatic rings. The molecule has 0 aromatic carbocycles. The van der Waals surface area contributed by atoms with E-state index in [-0.39, 0.29) is 1.43 Å². The van der Waals surface area contributed by atoms with Gasteiger partial charge in [0.2, 0.25) is 0 Å². The molecule has 0 spiro atoms. The van der Waals surface area contributed by atoms with E-state index in [0.717, 1.165) is 5.57 Å². The average molecular weight is 284 g/mol. The van der Waals surface area contributed by atoms with Crippen molar-refractivity contribution < 1.29 is 1.43 Å². The second-order valence-corrected chi connectivity index (χ2v) is 6.57. The largest absolute Gasteiger partial charge is 1.00 e. The van der Waals surface area contributed by atoms with E-state index in [1.807, 2.05) is 19.1 Å². The van der Waals surface area contributed by atoms with Crippen LogP contribution in [0, 0.1) is 10.8 Å². The van der Waals surface area contributed by atoms with Crippen LogP contribution in [0.2, 0.25) is 0 Å². The van der Waals surface area contributed by atoms with E-state index in [9.17, 15) is 0 Å². The standard InChI is InChI=1S/C20H29N/c1-16(8-6-9-17(2)13-15-21)11-12-19-10-7-14-20(4,5)18(19)3/h6,8-9,11-13,15,21H,7,10,14H2,1-5H3/p+1/b9-6-,12-11+,16-8+,17-13+,21-15?. The van der Waals surface area contributed by atoms with Crippen molar-refractivity contribution in [3.05, 3.63) is 58.7 Å². The highest BCUT2D eigenvalue weighted by molar-refractivity contribution is 5.69. The van der Waals surface area contributed by atoms with Crippen molar-refractivity contribution in [1.82, 2.24) is 0 Å². The maximum absolute atomic E-state index is 7.02. The van der Waals surface area contributed by atoms with Gasteiger partial charge in [-0.15, -0.1) is 0 Å². The Morgan fingerprint density at radius 3 is 2.48 bits per heavy atom. The van der Waals surface area contributed by atoms with Gasteiger partial charge < -0.3 is 5.41 Å². The number of allylic oxidation sites excluding steroid dienone is 10. The molecule has 0 amide bonds. The summed E-state index contributed by atoms with van der Waals surface area (Å²) >= 11 is 0. The van der Waals surface area contributed by atoms with Crippen LogP contribution in [-0.2, 0) is 0 Å². The summed E-state index contributed by atoms with van der Waals surface area (Å²) in [5, 5.41) is 7.02. The zero-order valence-corrected chi connectivity index (χ0v) is 14.2. The number of hydrogen-bond donors (Lipinski definition) is 1. The lowest BCUT2D eigenvalue weighted by molar-refractivity contribution is 0.370. The van der Waals surface area contributed by atoms with E-state index in [1.54, 1.807) is 6.08 Å². The zero-order chi connectivity index (χ0) is 15.9. The van der Waals surface area contributed by atoms with Gasteiger partial charge in [0.15, 0.2) is 0 Å². The van der Waals surface area contributed by atoms with E-state index < -0.39 is 0 Å². The molecule has 114 valence electrons. The molecule has 0 saturated heterocycles. The lowest BCUT2D eigenvalue weighted by atomic mass is 9.73. The predicted octanol–water partition coefficient (Wildman–Crippen LogP) is 6.28. The minimum atomic E-state index is 0. The fourth-order valence-electron chi connectivity index (χ4n) is 2.57. The first-order valence-corrected chi connectivity index (χ1v) is 7.77. The van der Waals surface area contributed by atoms with Crippen molar-refractivity contribution in [3.8, 4) is 0 Å². The van der Waals surface area contributed by atoms with E-state index in [1.165, 1.54) is 42.2 Å². The number of nitrogens with one attached hydrogen (secondary N) is 1. The molecule has 0 saturated carbocycles. The van der Waals surface area contributed by atoms with Crippen LogP contribution in [0.4, 0.5) is 0 Å². The monoisotopic (exact) mass is 284 g/mol. The Balaban J connectivity index is 0.00000441. The molecule has 1 nitrogen and oxygen atoms in total. The molecule has 0 aromatic rings. The third-order valence-electron chi connectivity index (χ3n) is 4.36. The minimum Gasteiger partial charge on any atom is -0.309 e. The Morgan fingerprint density at radius 2 is 1.81 bits per heavy atom. The number of hydrogen-bond acceptors (Lipinski definition) is 1. The molecule has 21 heavy (non-hydrogen) atoms. The smallest absolute Gasteiger partial charge is 0.309 e. The summed E-state index contributed by atoms with van der Waals surface area (Å²) in [6.07, 6.45) is 17.6. The van der Waals surface area contributed by atoms with Crippen LogP contribution >= 0.6 is 0 Å². The average Bonchev–Trinajstić information content (AvgIpc) is 2.41. The third kappa shape index (κ3) is 5.71. The first kappa shape index (κ1) is 17.4. The molecule has 0 heterocycles. The SMILES string of the molecule is CC1=C(/C=C/C(C)=C/C=C\C(C)=C\C=N)CCCC1(C)C.[H+]. The molecule has 0 aromatic heterocycles. The van der Waals surface area contributed by atoms with E-state index in [0.29, 0.717) is 5.41 Å². The summed E-state index contributed by atoms with van der Waals surface area (Å²) in [6, 6.07) is 0. The van der Waals surface area contributed by atoms with Crippen molar-refractivity contribution in [2.75, 3.05) is 0 Å². The Morgan fingerprint density at radius 1 is 1.14 bits per heavy atom. The normalized spacial score (nSPS) is 20.6. The molecule has 0 aliphatic heterocycles. The highest BCUT2D eigenvalue weighted by Crippen LogP contribution is 2.40. The van der Waals surface area contributed by atoms with Gasteiger partial charge in [-0.1, -0.05) is 55.4 Å². The summed E-state index contributed by atoms with van der Waals surface area (Å²) in [7, 11) is 0. The fourth-order valence-corrected chi connectivity index (χ4v) is 2.57. The van der Waals surface area contributed by atoms with Crippen LogP contribution in [0.1, 0.15) is 55.3 Å². The molecular formula is C20H30N+. The number of rotatable bonds is 5. The second-order valence-electron chi connectivity index (χ2n) is 6.57. The maximum Gasteiger partial charge on any atom is 1.00 e. The molecule has 1 N–H and O–H groups in total. The first-order valence-electron chi connectivity index (χ1n) is 7.77. The van der Waals surface area contributed by atoms with Crippen molar-refractivity contribution in [3.63, 3.8) is 0 Å². The van der Waals surface area contributed by atoms with Gasteiger partial charge in [0.25, 0.3) is 0 Å². The van der Waals surface area contributed by atoms with Crippen LogP contribution in [0.25, 0.3) is 0 Å². The summed E-state index contributed by atoms with van der Waals surface area (Å²) in [6.45, 7) is 11.1. The van der Waals surface area contributed by atoms with Gasteiger partial charge in [-0.3, -0.25) is 0 Å². The summed E-state index contributed by atoms with van der Waals surface area (Å²) in [4.78, 5) is 0. The van der Waals surface area contributed by atoms with Crippen molar-refractivity contribution >= 4 is 6.21 Å². The van der Waals surface area contributed by atoms with Gasteiger partial charge in [0, 0.05) is 6.21 Å².